The molecule has 1 aliphatic rings. The average molecular weight is 202 g/mol. The van der Waals surface area contributed by atoms with Crippen molar-refractivity contribution in [3.05, 3.63) is 0 Å². The van der Waals surface area contributed by atoms with Crippen LogP contribution in [-0.2, 0) is 9.47 Å². The Labute approximate surface area is 86.4 Å². The Morgan fingerprint density at radius 2 is 2.21 bits per heavy atom. The van der Waals surface area contributed by atoms with Crippen molar-refractivity contribution in [2.75, 3.05) is 20.3 Å². The highest BCUT2D eigenvalue weighted by molar-refractivity contribution is 4.76. The monoisotopic (exact) mass is 202 g/mol. The third-order valence-electron chi connectivity index (χ3n) is 2.91. The van der Waals surface area contributed by atoms with Gasteiger partial charge in [-0.15, -0.1) is 0 Å². The summed E-state index contributed by atoms with van der Waals surface area (Å²) in [5.74, 6) is 0.463. The Morgan fingerprint density at radius 3 is 2.79 bits per heavy atom. The Bertz CT molecular complexity index is 149. The molecule has 3 atom stereocenters. The van der Waals surface area contributed by atoms with Crippen LogP contribution in [0.1, 0.15) is 32.6 Å². The van der Waals surface area contributed by atoms with Gasteiger partial charge in [0.1, 0.15) is 0 Å². The summed E-state index contributed by atoms with van der Waals surface area (Å²) in [5, 5.41) is 9.58. The molecule has 0 aromatic heterocycles. The molecule has 1 fully saturated rings. The van der Waals surface area contributed by atoms with E-state index in [1.807, 2.05) is 6.92 Å². The van der Waals surface area contributed by atoms with Crippen LogP contribution in [0.3, 0.4) is 0 Å². The number of ether oxygens (including phenoxy) is 2. The second-order valence-corrected chi connectivity index (χ2v) is 4.18. The molecule has 1 N–H and O–H groups in total. The molecule has 3 unspecified atom stereocenters. The van der Waals surface area contributed by atoms with Gasteiger partial charge in [0, 0.05) is 13.7 Å². The van der Waals surface area contributed by atoms with Crippen molar-refractivity contribution in [3.8, 4) is 0 Å². The number of hydrogen-bond acceptors (Lipinski definition) is 3. The second-order valence-electron chi connectivity index (χ2n) is 4.18. The predicted molar refractivity (Wildman–Crippen MR) is 55.3 cm³/mol. The summed E-state index contributed by atoms with van der Waals surface area (Å²) in [6, 6.07) is 0. The molecular formula is C11H22O3. The molecule has 1 rings (SSSR count). The number of aliphatic hydroxyl groups is 1. The van der Waals surface area contributed by atoms with Crippen LogP contribution < -0.4 is 0 Å². The lowest BCUT2D eigenvalue weighted by Gasteiger charge is -2.16. The molecular weight excluding hydrogens is 180 g/mol. The lowest BCUT2D eigenvalue weighted by atomic mass is 10.0. The Kier molecular flexibility index (Phi) is 5.45. The van der Waals surface area contributed by atoms with Crippen molar-refractivity contribution in [1.29, 1.82) is 0 Å². The first kappa shape index (κ1) is 12.0. The van der Waals surface area contributed by atoms with E-state index < -0.39 is 0 Å². The minimum atomic E-state index is -0.0867. The van der Waals surface area contributed by atoms with Gasteiger partial charge in [-0.3, -0.25) is 0 Å². The van der Waals surface area contributed by atoms with E-state index in [4.69, 9.17) is 9.47 Å². The maximum absolute atomic E-state index is 9.58. The lowest BCUT2D eigenvalue weighted by Crippen LogP contribution is -2.19. The van der Waals surface area contributed by atoms with Crippen LogP contribution in [0.4, 0.5) is 0 Å². The minimum Gasteiger partial charge on any atom is -0.393 e. The van der Waals surface area contributed by atoms with Crippen LogP contribution in [0.5, 0.6) is 0 Å². The third kappa shape index (κ3) is 3.95. The summed E-state index contributed by atoms with van der Waals surface area (Å²) < 4.78 is 10.5. The number of aliphatic hydroxyl groups excluding tert-OH is 1. The molecule has 14 heavy (non-hydrogen) atoms. The molecule has 3 heteroatoms. The van der Waals surface area contributed by atoms with Gasteiger partial charge in [0.2, 0.25) is 0 Å². The lowest BCUT2D eigenvalue weighted by molar-refractivity contribution is -0.00220. The normalized spacial score (nSPS) is 29.4. The summed E-state index contributed by atoms with van der Waals surface area (Å²) in [6.07, 6.45) is 4.35. The summed E-state index contributed by atoms with van der Waals surface area (Å²) in [6.45, 7) is 3.40. The van der Waals surface area contributed by atoms with Crippen LogP contribution in [0.15, 0.2) is 0 Å². The molecule has 1 aliphatic carbocycles. The van der Waals surface area contributed by atoms with Crippen molar-refractivity contribution < 1.29 is 14.6 Å². The van der Waals surface area contributed by atoms with Gasteiger partial charge >= 0.3 is 0 Å². The SMILES string of the molecule is COCC(C)OCCC1CCCC1O. The van der Waals surface area contributed by atoms with E-state index in [1.165, 1.54) is 6.42 Å². The first-order valence-electron chi connectivity index (χ1n) is 5.52. The molecule has 1 saturated carbocycles. The predicted octanol–water partition coefficient (Wildman–Crippen LogP) is 1.59. The van der Waals surface area contributed by atoms with E-state index in [1.54, 1.807) is 7.11 Å². The van der Waals surface area contributed by atoms with Crippen LogP contribution >= 0.6 is 0 Å². The minimum absolute atomic E-state index is 0.0867. The molecule has 0 aromatic rings. The summed E-state index contributed by atoms with van der Waals surface area (Å²) in [4.78, 5) is 0. The summed E-state index contributed by atoms with van der Waals surface area (Å²) >= 11 is 0. The van der Waals surface area contributed by atoms with Crippen molar-refractivity contribution in [1.82, 2.24) is 0 Å². The fourth-order valence-corrected chi connectivity index (χ4v) is 2.06. The third-order valence-corrected chi connectivity index (χ3v) is 2.91. The van der Waals surface area contributed by atoms with Crippen molar-refractivity contribution in [2.24, 2.45) is 5.92 Å². The number of hydrogen-bond donors (Lipinski definition) is 1. The van der Waals surface area contributed by atoms with E-state index in [9.17, 15) is 5.11 Å². The number of methoxy groups -OCH3 is 1. The van der Waals surface area contributed by atoms with Gasteiger partial charge < -0.3 is 14.6 Å². The molecule has 0 saturated heterocycles. The standard InChI is InChI=1S/C11H22O3/c1-9(8-13-2)14-7-6-10-4-3-5-11(10)12/h9-12H,3-8H2,1-2H3. The first-order valence-corrected chi connectivity index (χ1v) is 5.52. The molecule has 0 aliphatic heterocycles. The fourth-order valence-electron chi connectivity index (χ4n) is 2.06. The van der Waals surface area contributed by atoms with E-state index >= 15 is 0 Å². The van der Waals surface area contributed by atoms with Crippen molar-refractivity contribution in [2.45, 2.75) is 44.8 Å². The van der Waals surface area contributed by atoms with Gasteiger partial charge in [0.05, 0.1) is 18.8 Å². The highest BCUT2D eigenvalue weighted by atomic mass is 16.5. The topological polar surface area (TPSA) is 38.7 Å². The first-order chi connectivity index (χ1) is 6.74. The molecule has 84 valence electrons. The molecule has 0 heterocycles. The maximum Gasteiger partial charge on any atom is 0.0780 e. The zero-order chi connectivity index (χ0) is 10.4. The average Bonchev–Trinajstić information content (AvgIpc) is 2.52. The van der Waals surface area contributed by atoms with Crippen LogP contribution in [0.2, 0.25) is 0 Å². The Hall–Kier alpha value is -0.120. The molecule has 0 spiro atoms. The van der Waals surface area contributed by atoms with Crippen LogP contribution in [-0.4, -0.2) is 37.6 Å². The Morgan fingerprint density at radius 1 is 1.43 bits per heavy atom. The molecule has 3 nitrogen and oxygen atoms in total. The zero-order valence-corrected chi connectivity index (χ0v) is 9.24. The molecule has 0 aromatic carbocycles. The van der Waals surface area contributed by atoms with Gasteiger partial charge in [0.15, 0.2) is 0 Å². The van der Waals surface area contributed by atoms with Gasteiger partial charge in [-0.2, -0.15) is 0 Å². The Balaban J connectivity index is 2.03. The van der Waals surface area contributed by atoms with E-state index in [0.29, 0.717) is 12.5 Å². The molecule has 0 amide bonds. The highest BCUT2D eigenvalue weighted by Crippen LogP contribution is 2.28. The molecule has 0 bridgehead atoms. The van der Waals surface area contributed by atoms with Crippen LogP contribution in [0, 0.1) is 5.92 Å². The summed E-state index contributed by atoms with van der Waals surface area (Å²) in [5.41, 5.74) is 0. The van der Waals surface area contributed by atoms with E-state index in [-0.39, 0.29) is 12.2 Å². The maximum atomic E-state index is 9.58. The smallest absolute Gasteiger partial charge is 0.0780 e. The molecule has 0 radical (unpaired) electrons. The largest absolute Gasteiger partial charge is 0.393 e. The van der Waals surface area contributed by atoms with E-state index in [0.717, 1.165) is 25.9 Å². The van der Waals surface area contributed by atoms with Crippen molar-refractivity contribution in [3.63, 3.8) is 0 Å². The van der Waals surface area contributed by atoms with E-state index in [2.05, 4.69) is 0 Å². The zero-order valence-electron chi connectivity index (χ0n) is 9.24. The van der Waals surface area contributed by atoms with Gasteiger partial charge in [-0.25, -0.2) is 0 Å². The van der Waals surface area contributed by atoms with Gasteiger partial charge in [-0.1, -0.05) is 6.42 Å². The highest BCUT2D eigenvalue weighted by Gasteiger charge is 2.24. The van der Waals surface area contributed by atoms with Crippen LogP contribution in [0.25, 0.3) is 0 Å². The van der Waals surface area contributed by atoms with Gasteiger partial charge in [0.25, 0.3) is 0 Å². The number of rotatable bonds is 6. The van der Waals surface area contributed by atoms with Gasteiger partial charge in [-0.05, 0) is 32.1 Å². The van der Waals surface area contributed by atoms with Crippen molar-refractivity contribution >= 4 is 0 Å². The second kappa shape index (κ2) is 6.38. The fraction of sp³-hybridized carbons (Fsp3) is 1.00. The summed E-state index contributed by atoms with van der Waals surface area (Å²) in [7, 11) is 1.68. The quantitative estimate of drug-likeness (QED) is 0.711.